The summed E-state index contributed by atoms with van der Waals surface area (Å²) < 4.78 is 60.1. The second-order valence-corrected chi connectivity index (χ2v) is 9.23. The van der Waals surface area contributed by atoms with E-state index < -0.39 is 18.6 Å². The normalized spacial score (nSPS) is 15.7. The van der Waals surface area contributed by atoms with E-state index in [-0.39, 0.29) is 17.2 Å². The van der Waals surface area contributed by atoms with Gasteiger partial charge in [-0.2, -0.15) is 4.57 Å². The van der Waals surface area contributed by atoms with E-state index in [1.165, 1.54) is 0 Å². The maximum Gasteiger partial charge on any atom is 0.216 e. The van der Waals surface area contributed by atoms with E-state index in [1.807, 2.05) is 19.9 Å². The summed E-state index contributed by atoms with van der Waals surface area (Å²) in [5, 5.41) is 1.61. The Kier molecular flexibility index (Phi) is 3.46. The highest BCUT2D eigenvalue weighted by atomic mass is 16.3. The van der Waals surface area contributed by atoms with Crippen molar-refractivity contribution in [1.29, 1.82) is 0 Å². The molecule has 31 heavy (non-hydrogen) atoms. The van der Waals surface area contributed by atoms with E-state index in [2.05, 4.69) is 4.85 Å². The van der Waals surface area contributed by atoms with Crippen molar-refractivity contribution in [3.8, 4) is 11.3 Å². The molecule has 0 radical (unpaired) electrons. The van der Waals surface area contributed by atoms with E-state index in [9.17, 15) is 1.37 Å². The summed E-state index contributed by atoms with van der Waals surface area (Å²) >= 11 is 0. The summed E-state index contributed by atoms with van der Waals surface area (Å²) in [6, 6.07) is 7.06. The van der Waals surface area contributed by atoms with Gasteiger partial charge >= 0.3 is 0 Å². The Labute approximate surface area is 193 Å². The summed E-state index contributed by atoms with van der Waals surface area (Å²) in [6.45, 7) is 15.5. The van der Waals surface area contributed by atoms with Crippen LogP contribution in [-0.4, -0.2) is 0 Å². The molecule has 0 aliphatic rings. The lowest BCUT2D eigenvalue weighted by Crippen LogP contribution is -2.36. The van der Waals surface area contributed by atoms with Crippen LogP contribution < -0.4 is 4.57 Å². The molecular weight excluding hydrogens is 380 g/mol. The Balaban J connectivity index is 2.26. The van der Waals surface area contributed by atoms with Crippen LogP contribution in [0.15, 0.2) is 34.7 Å². The zero-order valence-corrected chi connectivity index (χ0v) is 19.1. The molecule has 0 unspecified atom stereocenters. The minimum Gasteiger partial charge on any atom is -0.455 e. The predicted molar refractivity (Wildman–Crippen MR) is 129 cm³/mol. The number of hydrogen-bond donors (Lipinski definition) is 0. The monoisotopic (exact) mass is 417 g/mol. The van der Waals surface area contributed by atoms with Gasteiger partial charge in [0.05, 0.1) is 13.5 Å². The Morgan fingerprint density at radius 1 is 1.19 bits per heavy atom. The SMILES string of the molecule is [2H]c1c(C([2H])([2H])C(C)(C)C)c(C([2H])([2H])[2H])c(C)[n+](C)c1-c1c(C)cc(C)c2c1oc1ccc([N+]#[C-])cc12. The number of rotatable bonds is 2. The summed E-state index contributed by atoms with van der Waals surface area (Å²) in [7, 11) is 1.71. The van der Waals surface area contributed by atoms with Crippen LogP contribution in [-0.2, 0) is 13.4 Å². The van der Waals surface area contributed by atoms with Gasteiger partial charge in [0.25, 0.3) is 0 Å². The van der Waals surface area contributed by atoms with Gasteiger partial charge in [-0.05, 0) is 61.3 Å². The standard InChI is InChI=1S/C28H31N2O/c1-16-12-17(2)26(27-25(16)22-14-21(29-8)10-11-24(22)31-27)23-13-20(15-28(5,6)7)18(3)19(4)30(23)9/h10-14H,15H2,1-7,9H3/q+1/i3D3,13D,15D2. The summed E-state index contributed by atoms with van der Waals surface area (Å²) in [5.74, 6) is 0. The number of aryl methyl sites for hydroxylation is 2. The van der Waals surface area contributed by atoms with Gasteiger partial charge in [0, 0.05) is 36.2 Å². The largest absolute Gasteiger partial charge is 0.455 e. The van der Waals surface area contributed by atoms with E-state index in [0.29, 0.717) is 33.8 Å². The van der Waals surface area contributed by atoms with Crippen molar-refractivity contribution >= 4 is 27.6 Å². The third-order valence-electron chi connectivity index (χ3n) is 5.68. The Morgan fingerprint density at radius 2 is 1.94 bits per heavy atom. The fraction of sp³-hybridized carbons (Fsp3) is 0.357. The quantitative estimate of drug-likeness (QED) is 0.245. The molecule has 0 amide bonds. The van der Waals surface area contributed by atoms with Gasteiger partial charge in [0.2, 0.25) is 5.69 Å². The van der Waals surface area contributed by atoms with Gasteiger partial charge in [-0.1, -0.05) is 32.9 Å². The second kappa shape index (κ2) is 7.24. The van der Waals surface area contributed by atoms with Gasteiger partial charge in [0.1, 0.15) is 18.2 Å². The third-order valence-corrected chi connectivity index (χ3v) is 5.68. The molecule has 0 aliphatic heterocycles. The van der Waals surface area contributed by atoms with Gasteiger partial charge in [-0.25, -0.2) is 4.85 Å². The molecule has 2 aromatic heterocycles. The van der Waals surface area contributed by atoms with Crippen LogP contribution in [0.2, 0.25) is 0 Å². The van der Waals surface area contributed by atoms with Crippen LogP contribution in [0.1, 0.15) is 56.9 Å². The van der Waals surface area contributed by atoms with E-state index in [1.54, 1.807) is 57.5 Å². The second-order valence-electron chi connectivity index (χ2n) is 9.23. The highest BCUT2D eigenvalue weighted by molar-refractivity contribution is 6.12. The van der Waals surface area contributed by atoms with Crippen LogP contribution in [0.5, 0.6) is 0 Å². The highest BCUT2D eigenvalue weighted by Gasteiger charge is 2.26. The molecule has 4 aromatic rings. The third kappa shape index (κ3) is 3.51. The molecule has 0 atom stereocenters. The van der Waals surface area contributed by atoms with Gasteiger partial charge in [-0.15, -0.1) is 0 Å². The maximum absolute atomic E-state index is 9.31. The molecule has 0 spiro atoms. The van der Waals surface area contributed by atoms with Crippen molar-refractivity contribution in [2.24, 2.45) is 12.5 Å². The molecule has 0 bridgehead atoms. The van der Waals surface area contributed by atoms with Crippen LogP contribution in [0.4, 0.5) is 5.69 Å². The minimum atomic E-state index is -2.61. The molecule has 0 N–H and O–H groups in total. The molecule has 2 aromatic carbocycles. The van der Waals surface area contributed by atoms with E-state index >= 15 is 0 Å². The summed E-state index contributed by atoms with van der Waals surface area (Å²) in [6.07, 6.45) is -2.11. The molecule has 3 heteroatoms. The first-order valence-corrected chi connectivity index (χ1v) is 10.3. The molecule has 4 rings (SSSR count). The first kappa shape index (κ1) is 14.8. The highest BCUT2D eigenvalue weighted by Crippen LogP contribution is 2.41. The molecule has 0 saturated carbocycles. The zero-order valence-electron chi connectivity index (χ0n) is 25.1. The van der Waals surface area contributed by atoms with Crippen LogP contribution >= 0.6 is 0 Å². The lowest BCUT2D eigenvalue weighted by atomic mass is 9.85. The molecule has 0 saturated heterocycles. The Bertz CT molecular complexity index is 1630. The number of hydrogen-bond acceptors (Lipinski definition) is 1. The van der Waals surface area contributed by atoms with Gasteiger partial charge in [0.15, 0.2) is 11.4 Å². The first-order valence-electron chi connectivity index (χ1n) is 13.3. The lowest BCUT2D eigenvalue weighted by Gasteiger charge is -2.21. The fourth-order valence-electron chi connectivity index (χ4n) is 4.15. The van der Waals surface area contributed by atoms with Crippen molar-refractivity contribution in [2.45, 2.75) is 54.8 Å². The molecule has 158 valence electrons. The minimum absolute atomic E-state index is 0.120. The van der Waals surface area contributed by atoms with Crippen LogP contribution in [0.25, 0.3) is 38.0 Å². The number of benzene rings is 2. The smallest absolute Gasteiger partial charge is 0.216 e. The Hall–Kier alpha value is -3.12. The number of aromatic nitrogens is 1. The number of fused-ring (bicyclic) bond motifs is 3. The lowest BCUT2D eigenvalue weighted by molar-refractivity contribution is -0.667. The van der Waals surface area contributed by atoms with Crippen molar-refractivity contribution in [2.75, 3.05) is 0 Å². The predicted octanol–water partition coefficient (Wildman–Crippen LogP) is 7.45. The van der Waals surface area contributed by atoms with Crippen molar-refractivity contribution in [1.82, 2.24) is 0 Å². The van der Waals surface area contributed by atoms with Gasteiger partial charge in [-0.3, -0.25) is 0 Å². The Morgan fingerprint density at radius 3 is 2.58 bits per heavy atom. The zero-order chi connectivity index (χ0) is 27.8. The molecular formula is C28H31N2O+. The van der Waals surface area contributed by atoms with Crippen molar-refractivity contribution < 1.29 is 17.2 Å². The van der Waals surface area contributed by atoms with Crippen LogP contribution in [0.3, 0.4) is 0 Å². The maximum atomic E-state index is 9.31. The molecule has 2 heterocycles. The van der Waals surface area contributed by atoms with Crippen molar-refractivity contribution in [3.05, 3.63) is 69.7 Å². The number of nitrogens with zero attached hydrogens (tertiary/aromatic N) is 2. The topological polar surface area (TPSA) is 21.4 Å². The van der Waals surface area contributed by atoms with Gasteiger partial charge < -0.3 is 4.42 Å². The first-order chi connectivity index (χ1) is 16.9. The molecule has 3 nitrogen and oxygen atoms in total. The summed E-state index contributed by atoms with van der Waals surface area (Å²) in [4.78, 5) is 3.55. The van der Waals surface area contributed by atoms with Crippen molar-refractivity contribution in [3.63, 3.8) is 0 Å². The average Bonchev–Trinajstić information content (AvgIpc) is 3.15. The van der Waals surface area contributed by atoms with E-state index in [4.69, 9.17) is 17.8 Å². The van der Waals surface area contributed by atoms with Crippen LogP contribution in [0, 0.1) is 39.6 Å². The molecule has 0 aliphatic carbocycles. The molecule has 0 fully saturated rings. The fourth-order valence-corrected chi connectivity index (χ4v) is 4.15. The average molecular weight is 418 g/mol. The number of furan rings is 1. The number of pyridine rings is 1. The van der Waals surface area contributed by atoms with E-state index in [0.717, 1.165) is 21.9 Å². The summed E-state index contributed by atoms with van der Waals surface area (Å²) in [5.41, 5.74) is 3.54.